The molecule has 2 bridgehead atoms. The summed E-state index contributed by atoms with van der Waals surface area (Å²) < 4.78 is 20.9. The molecule has 2 N–H and O–H groups in total. The minimum absolute atomic E-state index is 0.00418. The van der Waals surface area contributed by atoms with E-state index in [1.165, 1.54) is 12.1 Å². The second-order valence-electron chi connectivity index (χ2n) is 12.4. The number of hydrogen-bond donors (Lipinski definition) is 2. The van der Waals surface area contributed by atoms with Crippen molar-refractivity contribution in [2.24, 2.45) is 5.92 Å². The zero-order valence-electron chi connectivity index (χ0n) is 25.5. The van der Waals surface area contributed by atoms with E-state index in [1.54, 1.807) is 50.1 Å². The highest BCUT2D eigenvalue weighted by atomic mass is 79.9. The number of pyridine rings is 1. The van der Waals surface area contributed by atoms with Crippen LogP contribution in [0.15, 0.2) is 59.2 Å². The average molecular weight is 698 g/mol. The summed E-state index contributed by atoms with van der Waals surface area (Å²) in [5, 5.41) is 5.78. The number of aromatic nitrogens is 1. The number of fused-ring (bicyclic) bond motifs is 4. The fourth-order valence-corrected chi connectivity index (χ4v) is 6.37. The highest BCUT2D eigenvalue weighted by Gasteiger charge is 2.31. The Hall–Kier alpha value is -3.76. The van der Waals surface area contributed by atoms with Gasteiger partial charge in [0.25, 0.3) is 0 Å². The molecule has 11 heteroatoms. The second-order valence-corrected chi connectivity index (χ2v) is 13.6. The van der Waals surface area contributed by atoms with Gasteiger partial charge in [-0.2, -0.15) is 0 Å². The predicted octanol–water partition coefficient (Wildman–Crippen LogP) is 8.77. The number of ether oxygens (including phenoxy) is 1. The van der Waals surface area contributed by atoms with Crippen molar-refractivity contribution < 1.29 is 23.5 Å². The first-order valence-electron chi connectivity index (χ1n) is 14.9. The molecule has 3 heterocycles. The van der Waals surface area contributed by atoms with E-state index in [4.69, 9.17) is 16.3 Å². The van der Waals surface area contributed by atoms with Crippen molar-refractivity contribution >= 4 is 62.4 Å². The van der Waals surface area contributed by atoms with Gasteiger partial charge in [-0.3, -0.25) is 19.9 Å². The van der Waals surface area contributed by atoms with E-state index in [9.17, 15) is 18.8 Å². The molecule has 236 valence electrons. The first-order valence-corrected chi connectivity index (χ1v) is 16.0. The molecular weight excluding hydrogens is 663 g/mol. The summed E-state index contributed by atoms with van der Waals surface area (Å²) in [5.74, 6) is -1.25. The molecule has 3 aromatic rings. The van der Waals surface area contributed by atoms with Crippen molar-refractivity contribution in [1.29, 1.82) is 0 Å². The lowest BCUT2D eigenvalue weighted by atomic mass is 9.92. The van der Waals surface area contributed by atoms with Crippen LogP contribution in [-0.2, 0) is 14.3 Å². The first kappa shape index (κ1) is 32.6. The topological polar surface area (TPSA) is 101 Å². The summed E-state index contributed by atoms with van der Waals surface area (Å²) in [7, 11) is 0. The molecule has 8 nitrogen and oxygen atoms in total. The Morgan fingerprint density at radius 3 is 2.67 bits per heavy atom. The smallest absolute Gasteiger partial charge is 0.412 e. The van der Waals surface area contributed by atoms with Gasteiger partial charge in [-0.05, 0) is 87.6 Å². The van der Waals surface area contributed by atoms with Gasteiger partial charge in [0, 0.05) is 46.0 Å². The van der Waals surface area contributed by atoms with Crippen LogP contribution in [0.1, 0.15) is 70.7 Å². The van der Waals surface area contributed by atoms with Crippen molar-refractivity contribution in [1.82, 2.24) is 9.88 Å². The monoisotopic (exact) mass is 696 g/mol. The van der Waals surface area contributed by atoms with Crippen LogP contribution in [0.5, 0.6) is 0 Å². The number of benzene rings is 2. The van der Waals surface area contributed by atoms with Gasteiger partial charge in [0.1, 0.15) is 11.4 Å². The lowest BCUT2D eigenvalue weighted by Crippen LogP contribution is -2.38. The maximum Gasteiger partial charge on any atom is 0.412 e. The molecule has 0 fully saturated rings. The number of rotatable bonds is 3. The summed E-state index contributed by atoms with van der Waals surface area (Å²) in [6.07, 6.45) is 4.88. The third-order valence-corrected chi connectivity index (χ3v) is 8.82. The molecule has 45 heavy (non-hydrogen) atoms. The summed E-state index contributed by atoms with van der Waals surface area (Å²) in [5.41, 5.74) is 3.46. The molecule has 0 aliphatic carbocycles. The van der Waals surface area contributed by atoms with Crippen molar-refractivity contribution in [3.8, 4) is 11.1 Å². The third-order valence-electron chi connectivity index (χ3n) is 7.86. The Morgan fingerprint density at radius 2 is 1.93 bits per heavy atom. The molecule has 2 aromatic carbocycles. The zero-order chi connectivity index (χ0) is 32.5. The van der Waals surface area contributed by atoms with Crippen LogP contribution in [0.25, 0.3) is 16.7 Å². The van der Waals surface area contributed by atoms with Gasteiger partial charge in [-0.15, -0.1) is 0 Å². The van der Waals surface area contributed by atoms with Crippen molar-refractivity contribution in [2.45, 2.75) is 65.0 Å². The maximum atomic E-state index is 15.0. The van der Waals surface area contributed by atoms with E-state index in [0.717, 1.165) is 11.1 Å². The highest BCUT2D eigenvalue weighted by Crippen LogP contribution is 2.39. The van der Waals surface area contributed by atoms with Crippen LogP contribution in [0.3, 0.4) is 0 Å². The minimum atomic E-state index is -0.663. The van der Waals surface area contributed by atoms with Crippen molar-refractivity contribution in [2.75, 3.05) is 17.2 Å². The number of anilines is 2. The Balaban J connectivity index is 1.49. The van der Waals surface area contributed by atoms with Gasteiger partial charge in [-0.25, -0.2) is 9.18 Å². The van der Waals surface area contributed by atoms with E-state index in [-0.39, 0.29) is 28.8 Å². The van der Waals surface area contributed by atoms with Crippen LogP contribution in [-0.4, -0.2) is 39.9 Å². The highest BCUT2D eigenvalue weighted by molar-refractivity contribution is 9.10. The molecule has 0 spiro atoms. The number of hydrogen-bond acceptors (Lipinski definition) is 5. The first-order chi connectivity index (χ1) is 21.3. The second kappa shape index (κ2) is 13.3. The SMILES string of the molecule is C[C@@H]1CCC[C@H](N2CCC(c3c(Br)ccc(Cl)c3F)=CC2=O)c2cc(ccn2)-c2ccc(NC(=O)OC(C)(C)C)cc2NC1=O. The van der Waals surface area contributed by atoms with Gasteiger partial charge in [0.2, 0.25) is 11.8 Å². The number of amides is 3. The Morgan fingerprint density at radius 1 is 1.16 bits per heavy atom. The maximum absolute atomic E-state index is 15.0. The quantitative estimate of drug-likeness (QED) is 0.267. The number of carbonyl (C=O) groups is 3. The summed E-state index contributed by atoms with van der Waals surface area (Å²) in [6.45, 7) is 7.59. The van der Waals surface area contributed by atoms with E-state index in [1.807, 2.05) is 25.1 Å². The number of halogens is 3. The molecule has 2 atom stereocenters. The molecule has 2 aliphatic heterocycles. The number of nitrogens with zero attached hydrogens (tertiary/aromatic N) is 2. The third kappa shape index (κ3) is 7.56. The van der Waals surface area contributed by atoms with E-state index < -0.39 is 17.5 Å². The van der Waals surface area contributed by atoms with Gasteiger partial charge in [0.05, 0.1) is 22.4 Å². The van der Waals surface area contributed by atoms with E-state index in [2.05, 4.69) is 31.5 Å². The summed E-state index contributed by atoms with van der Waals surface area (Å²) >= 11 is 9.45. The van der Waals surface area contributed by atoms with Gasteiger partial charge < -0.3 is 15.0 Å². The lowest BCUT2D eigenvalue weighted by molar-refractivity contribution is -0.129. The molecule has 0 unspecified atom stereocenters. The zero-order valence-corrected chi connectivity index (χ0v) is 27.9. The van der Waals surface area contributed by atoms with Crippen molar-refractivity contribution in [3.63, 3.8) is 0 Å². The molecular formula is C34H35BrClFN4O4. The fourth-order valence-electron chi connectivity index (χ4n) is 5.65. The van der Waals surface area contributed by atoms with E-state index >= 15 is 0 Å². The molecule has 3 amide bonds. The number of nitrogens with one attached hydrogen (secondary N) is 2. The van der Waals surface area contributed by atoms with Gasteiger partial charge in [0.15, 0.2) is 0 Å². The summed E-state index contributed by atoms with van der Waals surface area (Å²) in [4.78, 5) is 45.8. The van der Waals surface area contributed by atoms with E-state index in [0.29, 0.717) is 64.9 Å². The Labute approximate surface area is 275 Å². The fraction of sp³-hybridized carbons (Fsp3) is 0.353. The molecule has 0 radical (unpaired) electrons. The Bertz CT molecular complexity index is 1690. The van der Waals surface area contributed by atoms with Crippen LogP contribution >= 0.6 is 27.5 Å². The van der Waals surface area contributed by atoms with Gasteiger partial charge >= 0.3 is 6.09 Å². The lowest BCUT2D eigenvalue weighted by Gasteiger charge is -2.34. The average Bonchev–Trinajstić information content (AvgIpc) is 2.96. The molecule has 0 saturated heterocycles. The molecule has 1 aromatic heterocycles. The predicted molar refractivity (Wildman–Crippen MR) is 177 cm³/mol. The summed E-state index contributed by atoms with van der Waals surface area (Å²) in [6, 6.07) is 11.9. The van der Waals surface area contributed by atoms with Crippen LogP contribution in [0.4, 0.5) is 20.6 Å². The van der Waals surface area contributed by atoms with Crippen LogP contribution in [0.2, 0.25) is 5.02 Å². The van der Waals surface area contributed by atoms with Gasteiger partial charge in [-0.1, -0.05) is 46.9 Å². The standard InChI is InChI=1S/C34H35BrClFN4O4/c1-19-6-5-7-28(41-15-13-21(17-29(41)42)30-24(35)10-11-25(36)31(30)37)27-16-20(12-14-38-27)23-9-8-22(18-26(23)40-32(19)43)39-33(44)45-34(2,3)4/h8-12,14,16-19,28H,5-7,13,15H2,1-4H3,(H,39,44)(H,40,43)/t19-,28+/m1/s1. The van der Waals surface area contributed by atoms with Crippen LogP contribution < -0.4 is 10.6 Å². The van der Waals surface area contributed by atoms with Crippen molar-refractivity contribution in [3.05, 3.63) is 81.3 Å². The number of carbonyl (C=O) groups excluding carboxylic acids is 3. The largest absolute Gasteiger partial charge is 0.444 e. The van der Waals surface area contributed by atoms with Crippen LogP contribution in [0, 0.1) is 11.7 Å². The molecule has 2 aliphatic rings. The Kier molecular flexibility index (Phi) is 9.65. The minimum Gasteiger partial charge on any atom is -0.444 e. The molecule has 0 saturated carbocycles. The normalized spacial score (nSPS) is 19.0. The molecule has 5 rings (SSSR count).